The summed E-state index contributed by atoms with van der Waals surface area (Å²) >= 11 is 3.93. The van der Waals surface area contributed by atoms with Gasteiger partial charge in [-0.2, -0.15) is 0 Å². The van der Waals surface area contributed by atoms with Crippen molar-refractivity contribution in [1.82, 2.24) is 5.32 Å². The third-order valence-corrected chi connectivity index (χ3v) is 3.77. The van der Waals surface area contributed by atoms with Gasteiger partial charge in [-0.15, -0.1) is 11.8 Å². The second kappa shape index (κ2) is 8.87. The van der Waals surface area contributed by atoms with Gasteiger partial charge in [0, 0.05) is 11.4 Å². The number of nitrogens with one attached hydrogen (secondary N) is 1. The predicted octanol–water partition coefficient (Wildman–Crippen LogP) is 3.11. The Bertz CT molecular complexity index is 305. The number of carbonyl (C=O) groups is 1. The van der Waals surface area contributed by atoms with Crippen LogP contribution in [0.25, 0.3) is 0 Å². The average molecular weight is 349 g/mol. The molecule has 0 saturated carbocycles. The van der Waals surface area contributed by atoms with Crippen molar-refractivity contribution < 1.29 is 4.79 Å². The first-order valence-electron chi connectivity index (χ1n) is 5.33. The highest BCUT2D eigenvalue weighted by Crippen LogP contribution is 2.16. The van der Waals surface area contributed by atoms with Crippen molar-refractivity contribution in [2.24, 2.45) is 0 Å². The fourth-order valence-electron chi connectivity index (χ4n) is 1.16. The molecule has 4 heteroatoms. The lowest BCUT2D eigenvalue weighted by atomic mass is 10.3. The Morgan fingerprint density at radius 2 is 2.00 bits per heavy atom. The third kappa shape index (κ3) is 6.37. The number of carbonyl (C=O) groups excluding carboxylic acids is 1. The van der Waals surface area contributed by atoms with Crippen molar-refractivity contribution in [2.45, 2.75) is 17.7 Å². The number of rotatable bonds is 7. The molecular weight excluding hydrogens is 333 g/mol. The van der Waals surface area contributed by atoms with Gasteiger partial charge in [0.1, 0.15) is 0 Å². The van der Waals surface area contributed by atoms with Gasteiger partial charge in [0.05, 0.1) is 5.75 Å². The molecular formula is C12H16INOS. The van der Waals surface area contributed by atoms with Gasteiger partial charge in [-0.3, -0.25) is 4.79 Å². The van der Waals surface area contributed by atoms with Crippen molar-refractivity contribution in [3.05, 3.63) is 30.3 Å². The first-order valence-corrected chi connectivity index (χ1v) is 7.84. The van der Waals surface area contributed by atoms with E-state index in [1.54, 1.807) is 11.8 Å². The maximum atomic E-state index is 11.4. The number of amides is 1. The standard InChI is InChI=1S/C12H16INOS/c13-8-4-5-9-14-12(15)10-16-11-6-2-1-3-7-11/h1-3,6-7H,4-5,8-10H2,(H,14,15). The number of hydrogen-bond acceptors (Lipinski definition) is 2. The second-order valence-electron chi connectivity index (χ2n) is 3.35. The van der Waals surface area contributed by atoms with E-state index in [0.717, 1.165) is 22.3 Å². The highest BCUT2D eigenvalue weighted by molar-refractivity contribution is 14.1. The highest BCUT2D eigenvalue weighted by Gasteiger charge is 2.01. The van der Waals surface area contributed by atoms with E-state index in [2.05, 4.69) is 27.9 Å². The van der Waals surface area contributed by atoms with E-state index >= 15 is 0 Å². The molecule has 0 fully saturated rings. The maximum absolute atomic E-state index is 11.4. The van der Waals surface area contributed by atoms with Crippen molar-refractivity contribution >= 4 is 40.3 Å². The number of alkyl halides is 1. The number of halogens is 1. The van der Waals surface area contributed by atoms with Crippen molar-refractivity contribution in [2.75, 3.05) is 16.7 Å². The smallest absolute Gasteiger partial charge is 0.230 e. The summed E-state index contributed by atoms with van der Waals surface area (Å²) in [6.45, 7) is 0.803. The minimum atomic E-state index is 0.127. The molecule has 0 spiro atoms. The van der Waals surface area contributed by atoms with Crippen LogP contribution < -0.4 is 5.32 Å². The van der Waals surface area contributed by atoms with Crippen molar-refractivity contribution in [1.29, 1.82) is 0 Å². The molecule has 0 unspecified atom stereocenters. The zero-order valence-corrected chi connectivity index (χ0v) is 12.1. The monoisotopic (exact) mass is 349 g/mol. The molecule has 0 aromatic heterocycles. The lowest BCUT2D eigenvalue weighted by Crippen LogP contribution is -2.26. The summed E-state index contributed by atoms with van der Waals surface area (Å²) in [5.74, 6) is 0.635. The average Bonchev–Trinajstić information content (AvgIpc) is 2.33. The molecule has 0 aliphatic carbocycles. The van der Waals surface area contributed by atoms with Gasteiger partial charge in [0.25, 0.3) is 0 Å². The van der Waals surface area contributed by atoms with Crippen LogP contribution in [0.1, 0.15) is 12.8 Å². The molecule has 0 bridgehead atoms. The SMILES string of the molecule is O=C(CSc1ccccc1)NCCCCI. The second-order valence-corrected chi connectivity index (χ2v) is 5.48. The molecule has 0 aliphatic heterocycles. The van der Waals surface area contributed by atoms with Crippen LogP contribution in [0, 0.1) is 0 Å². The zero-order chi connectivity index (χ0) is 11.6. The van der Waals surface area contributed by atoms with E-state index in [0.29, 0.717) is 5.75 Å². The largest absolute Gasteiger partial charge is 0.355 e. The summed E-state index contributed by atoms with van der Waals surface area (Å²) in [4.78, 5) is 12.6. The first-order chi connectivity index (χ1) is 7.83. The van der Waals surface area contributed by atoms with Crippen LogP contribution in [-0.2, 0) is 4.79 Å². The summed E-state index contributed by atoms with van der Waals surface area (Å²) in [5, 5.41) is 2.92. The summed E-state index contributed by atoms with van der Waals surface area (Å²) in [5.41, 5.74) is 0. The summed E-state index contributed by atoms with van der Waals surface area (Å²) in [7, 11) is 0. The van der Waals surface area contributed by atoms with Gasteiger partial charge in [0.15, 0.2) is 0 Å². The molecule has 88 valence electrons. The van der Waals surface area contributed by atoms with Gasteiger partial charge >= 0.3 is 0 Å². The topological polar surface area (TPSA) is 29.1 Å². The van der Waals surface area contributed by atoms with Crippen LogP contribution in [0.2, 0.25) is 0 Å². The van der Waals surface area contributed by atoms with E-state index < -0.39 is 0 Å². The van der Waals surface area contributed by atoms with Crippen LogP contribution in [-0.4, -0.2) is 22.6 Å². The Balaban J connectivity index is 2.11. The Morgan fingerprint density at radius 1 is 1.25 bits per heavy atom. The molecule has 1 aromatic rings. The van der Waals surface area contributed by atoms with Crippen LogP contribution in [0.3, 0.4) is 0 Å². The van der Waals surface area contributed by atoms with E-state index in [-0.39, 0.29) is 5.91 Å². The summed E-state index contributed by atoms with van der Waals surface area (Å²) < 4.78 is 1.16. The van der Waals surface area contributed by atoms with E-state index in [9.17, 15) is 4.79 Å². The first kappa shape index (κ1) is 13.8. The zero-order valence-electron chi connectivity index (χ0n) is 9.12. The van der Waals surface area contributed by atoms with Crippen LogP contribution >= 0.6 is 34.4 Å². The van der Waals surface area contributed by atoms with Crippen LogP contribution in [0.4, 0.5) is 0 Å². The van der Waals surface area contributed by atoms with E-state index in [1.165, 1.54) is 6.42 Å². The molecule has 2 nitrogen and oxygen atoms in total. The molecule has 1 amide bonds. The third-order valence-electron chi connectivity index (χ3n) is 2.00. The number of hydrogen-bond donors (Lipinski definition) is 1. The molecule has 1 rings (SSSR count). The van der Waals surface area contributed by atoms with Gasteiger partial charge in [0.2, 0.25) is 5.91 Å². The summed E-state index contributed by atoms with van der Waals surface area (Å²) in [6.07, 6.45) is 2.25. The molecule has 1 N–H and O–H groups in total. The molecule has 0 atom stereocenters. The number of unbranched alkanes of at least 4 members (excludes halogenated alkanes) is 1. The minimum Gasteiger partial charge on any atom is -0.355 e. The van der Waals surface area contributed by atoms with Gasteiger partial charge in [-0.05, 0) is 29.4 Å². The number of thioether (sulfide) groups is 1. The van der Waals surface area contributed by atoms with Gasteiger partial charge in [-0.25, -0.2) is 0 Å². The lowest BCUT2D eigenvalue weighted by Gasteiger charge is -2.04. The molecule has 1 aromatic carbocycles. The lowest BCUT2D eigenvalue weighted by molar-refractivity contribution is -0.118. The van der Waals surface area contributed by atoms with Gasteiger partial charge < -0.3 is 5.32 Å². The molecule has 0 radical (unpaired) electrons. The molecule has 0 heterocycles. The number of benzene rings is 1. The predicted molar refractivity (Wildman–Crippen MR) is 78.3 cm³/mol. The minimum absolute atomic E-state index is 0.127. The molecule has 0 aliphatic rings. The Morgan fingerprint density at radius 3 is 2.69 bits per heavy atom. The van der Waals surface area contributed by atoms with Crippen molar-refractivity contribution in [3.63, 3.8) is 0 Å². The normalized spacial score (nSPS) is 10.1. The van der Waals surface area contributed by atoms with Gasteiger partial charge in [-0.1, -0.05) is 40.8 Å². The fraction of sp³-hybridized carbons (Fsp3) is 0.417. The van der Waals surface area contributed by atoms with E-state index in [1.807, 2.05) is 30.3 Å². The summed E-state index contributed by atoms with van der Waals surface area (Å²) in [6, 6.07) is 10.00. The quantitative estimate of drug-likeness (QED) is 0.355. The van der Waals surface area contributed by atoms with Crippen LogP contribution in [0.15, 0.2) is 35.2 Å². The fourth-order valence-corrected chi connectivity index (χ4v) is 2.45. The van der Waals surface area contributed by atoms with E-state index in [4.69, 9.17) is 0 Å². The maximum Gasteiger partial charge on any atom is 0.230 e. The highest BCUT2D eigenvalue weighted by atomic mass is 127. The Labute approximate surface area is 115 Å². The Hall–Kier alpha value is -0.230. The van der Waals surface area contributed by atoms with Crippen molar-refractivity contribution in [3.8, 4) is 0 Å². The van der Waals surface area contributed by atoms with Crippen LogP contribution in [0.5, 0.6) is 0 Å². The molecule has 16 heavy (non-hydrogen) atoms. The molecule has 0 saturated heterocycles. The Kier molecular flexibility index (Phi) is 7.67.